The van der Waals surface area contributed by atoms with Crippen molar-refractivity contribution < 1.29 is 4.42 Å². The topological polar surface area (TPSA) is 43.9 Å². The van der Waals surface area contributed by atoms with E-state index in [0.717, 1.165) is 61.2 Å². The highest BCUT2D eigenvalue weighted by molar-refractivity contribution is 7.26. The van der Waals surface area contributed by atoms with Crippen LogP contribution in [0.4, 0.5) is 0 Å². The second-order valence-corrected chi connectivity index (χ2v) is 16.7. The summed E-state index contributed by atoms with van der Waals surface area (Å²) in [7, 11) is 0. The van der Waals surface area contributed by atoms with Gasteiger partial charge in [-0.15, -0.1) is 11.3 Å². The van der Waals surface area contributed by atoms with Gasteiger partial charge in [0.25, 0.3) is 0 Å². The summed E-state index contributed by atoms with van der Waals surface area (Å²) in [6, 6.07) is 71.4. The third kappa shape index (κ3) is 5.24. The molecule has 4 heterocycles. The largest absolute Gasteiger partial charge is 0.451 e. The average Bonchev–Trinajstić information content (AvgIpc) is 4.01. The quantitative estimate of drug-likeness (QED) is 0.174. The first-order valence-electron chi connectivity index (χ1n) is 20.6. The molecule has 0 atom stereocenters. The fourth-order valence-corrected chi connectivity index (χ4v) is 10.6. The lowest BCUT2D eigenvalue weighted by Crippen LogP contribution is -1.96. The normalized spacial score (nSPS) is 11.9. The molecule has 4 aromatic heterocycles. The van der Waals surface area contributed by atoms with E-state index in [1.807, 2.05) is 47.7 Å². The molecule has 4 nitrogen and oxygen atoms in total. The molecular weight excluding hydrogens is 763 g/mol. The molecule has 0 radical (unpaired) electrons. The summed E-state index contributed by atoms with van der Waals surface area (Å²) in [5, 5.41) is 8.36. The van der Waals surface area contributed by atoms with E-state index in [2.05, 4.69) is 168 Å². The van der Waals surface area contributed by atoms with Crippen LogP contribution in [-0.4, -0.2) is 14.5 Å². The Balaban J connectivity index is 1.15. The highest BCUT2D eigenvalue weighted by atomic mass is 32.1. The van der Waals surface area contributed by atoms with Crippen molar-refractivity contribution in [3.63, 3.8) is 0 Å². The smallest absolute Gasteiger partial charge is 0.180 e. The molecule has 0 saturated heterocycles. The zero-order valence-corrected chi connectivity index (χ0v) is 33.5. The van der Waals surface area contributed by atoms with Crippen molar-refractivity contribution in [1.82, 2.24) is 14.5 Å². The first-order valence-corrected chi connectivity index (χ1v) is 21.4. The van der Waals surface area contributed by atoms with Gasteiger partial charge < -0.3 is 8.98 Å². The van der Waals surface area contributed by atoms with Gasteiger partial charge in [-0.05, 0) is 64.4 Å². The van der Waals surface area contributed by atoms with Crippen molar-refractivity contribution in [1.29, 1.82) is 0 Å². The van der Waals surface area contributed by atoms with Crippen LogP contribution in [0.3, 0.4) is 0 Å². The number of furan rings is 1. The van der Waals surface area contributed by atoms with Crippen molar-refractivity contribution in [2.24, 2.45) is 0 Å². The molecule has 0 fully saturated rings. The monoisotopic (exact) mass is 795 g/mol. The van der Waals surface area contributed by atoms with E-state index in [-0.39, 0.29) is 0 Å². The molecule has 0 spiro atoms. The lowest BCUT2D eigenvalue weighted by molar-refractivity contribution is 0.668. The first kappa shape index (κ1) is 34.0. The number of para-hydroxylation sites is 1. The zero-order chi connectivity index (χ0) is 40.0. The average molecular weight is 796 g/mol. The third-order valence-electron chi connectivity index (χ3n) is 12.2. The van der Waals surface area contributed by atoms with Gasteiger partial charge in [0.2, 0.25) is 0 Å². The molecule has 9 aromatic carbocycles. The summed E-state index contributed by atoms with van der Waals surface area (Å²) >= 11 is 1.84. The summed E-state index contributed by atoms with van der Waals surface area (Å²) in [4.78, 5) is 10.5. The Morgan fingerprint density at radius 3 is 1.87 bits per heavy atom. The standard InChI is InChI=1S/C56H33N3OS/c1-4-16-34(17-5-1)39-31-44(53-45(32-39)52-54(60-53)51(35-18-6-2-7-19-35)57-56(58-52)36-20-8-3-9-21-36)41-28-29-47(50-42-25-13-15-27-49(42)61-55(41)50)59-46-26-14-12-24-40(46)43-30-37-22-10-11-23-38(37)33-48(43)59/h1-33H. The maximum absolute atomic E-state index is 7.16. The van der Waals surface area contributed by atoms with E-state index >= 15 is 0 Å². The van der Waals surface area contributed by atoms with Crippen LogP contribution < -0.4 is 0 Å². The molecule has 0 bridgehead atoms. The highest BCUT2D eigenvalue weighted by Gasteiger charge is 2.25. The van der Waals surface area contributed by atoms with Crippen LogP contribution >= 0.6 is 11.3 Å². The van der Waals surface area contributed by atoms with Crippen molar-refractivity contribution in [3.05, 3.63) is 200 Å². The minimum absolute atomic E-state index is 0.663. The summed E-state index contributed by atoms with van der Waals surface area (Å²) in [6.45, 7) is 0. The molecule has 61 heavy (non-hydrogen) atoms. The van der Waals surface area contributed by atoms with Gasteiger partial charge in [-0.25, -0.2) is 9.97 Å². The van der Waals surface area contributed by atoms with E-state index in [4.69, 9.17) is 14.4 Å². The van der Waals surface area contributed by atoms with Crippen molar-refractivity contribution >= 4 is 86.2 Å². The fourth-order valence-electron chi connectivity index (χ4n) is 9.38. The van der Waals surface area contributed by atoms with E-state index in [0.29, 0.717) is 11.4 Å². The number of thiophene rings is 1. The highest BCUT2D eigenvalue weighted by Crippen LogP contribution is 2.49. The Bertz CT molecular complexity index is 3860. The van der Waals surface area contributed by atoms with Crippen molar-refractivity contribution in [3.8, 4) is 50.6 Å². The maximum atomic E-state index is 7.16. The van der Waals surface area contributed by atoms with Gasteiger partial charge in [0, 0.05) is 58.6 Å². The summed E-state index contributed by atoms with van der Waals surface area (Å²) < 4.78 is 12.1. The van der Waals surface area contributed by atoms with Crippen molar-refractivity contribution in [2.75, 3.05) is 0 Å². The van der Waals surface area contributed by atoms with Gasteiger partial charge in [-0.2, -0.15) is 0 Å². The number of benzene rings is 9. The second kappa shape index (κ2) is 13.3. The Morgan fingerprint density at radius 2 is 1.08 bits per heavy atom. The van der Waals surface area contributed by atoms with Gasteiger partial charge in [0.1, 0.15) is 16.8 Å². The lowest BCUT2D eigenvalue weighted by atomic mass is 9.95. The molecule has 0 amide bonds. The van der Waals surface area contributed by atoms with Crippen LogP contribution in [0.2, 0.25) is 0 Å². The molecule has 0 N–H and O–H groups in total. The minimum atomic E-state index is 0.663. The van der Waals surface area contributed by atoms with E-state index in [9.17, 15) is 0 Å². The Hall–Kier alpha value is -7.86. The van der Waals surface area contributed by atoms with Gasteiger partial charge in [-0.1, -0.05) is 158 Å². The number of rotatable bonds is 5. The van der Waals surface area contributed by atoms with E-state index < -0.39 is 0 Å². The summed E-state index contributed by atoms with van der Waals surface area (Å²) in [5.41, 5.74) is 12.9. The minimum Gasteiger partial charge on any atom is -0.451 e. The van der Waals surface area contributed by atoms with Gasteiger partial charge in [0.05, 0.1) is 16.7 Å². The van der Waals surface area contributed by atoms with E-state index in [1.165, 1.54) is 52.8 Å². The van der Waals surface area contributed by atoms with Gasteiger partial charge in [0.15, 0.2) is 11.4 Å². The first-order chi connectivity index (χ1) is 30.2. The molecule has 0 aliphatic carbocycles. The van der Waals surface area contributed by atoms with Gasteiger partial charge >= 0.3 is 0 Å². The molecule has 284 valence electrons. The van der Waals surface area contributed by atoms with Crippen LogP contribution in [0.15, 0.2) is 205 Å². The molecule has 0 aliphatic rings. The van der Waals surface area contributed by atoms with Crippen LogP contribution in [-0.2, 0) is 0 Å². The summed E-state index contributed by atoms with van der Waals surface area (Å²) in [5.74, 6) is 0.663. The van der Waals surface area contributed by atoms with Crippen LogP contribution in [0, 0.1) is 0 Å². The molecule has 5 heteroatoms. The number of fused-ring (bicyclic) bond motifs is 10. The Labute approximate surface area is 354 Å². The number of hydrogen-bond acceptors (Lipinski definition) is 4. The number of nitrogens with zero attached hydrogens (tertiary/aromatic N) is 3. The number of aromatic nitrogens is 3. The molecule has 0 unspecified atom stereocenters. The Morgan fingerprint density at radius 1 is 0.426 bits per heavy atom. The molecular formula is C56H33N3OS. The second-order valence-electron chi connectivity index (χ2n) is 15.7. The Kier molecular flexibility index (Phi) is 7.44. The molecule has 13 rings (SSSR count). The van der Waals surface area contributed by atoms with Crippen LogP contribution in [0.25, 0.3) is 125 Å². The molecule has 0 saturated carbocycles. The van der Waals surface area contributed by atoms with Crippen LogP contribution in [0.5, 0.6) is 0 Å². The van der Waals surface area contributed by atoms with Crippen molar-refractivity contribution in [2.45, 2.75) is 0 Å². The molecule has 0 aliphatic heterocycles. The van der Waals surface area contributed by atoms with Gasteiger partial charge in [-0.3, -0.25) is 0 Å². The van der Waals surface area contributed by atoms with Crippen LogP contribution in [0.1, 0.15) is 0 Å². The zero-order valence-electron chi connectivity index (χ0n) is 32.7. The predicted molar refractivity (Wildman–Crippen MR) is 256 cm³/mol. The SMILES string of the molecule is c1ccc(-c2cc(-c3ccc(-n4c5ccccc5c5cc6ccccc6cc54)c4c3sc3ccccc34)c3oc4c(-c5ccccc5)nc(-c5ccccc5)nc4c3c2)cc1. The molecule has 13 aromatic rings. The fraction of sp³-hybridized carbons (Fsp3) is 0. The number of hydrogen-bond donors (Lipinski definition) is 0. The van der Waals surface area contributed by atoms with E-state index in [1.54, 1.807) is 0 Å². The predicted octanol–water partition coefficient (Wildman–Crippen LogP) is 15.7. The third-order valence-corrected chi connectivity index (χ3v) is 13.4. The lowest BCUT2D eigenvalue weighted by Gasteiger charge is -2.14. The maximum Gasteiger partial charge on any atom is 0.180 e. The summed E-state index contributed by atoms with van der Waals surface area (Å²) in [6.07, 6.45) is 0.